The number of epoxide rings is 1. The minimum atomic E-state index is -1.39. The second kappa shape index (κ2) is 52.0. The van der Waals surface area contributed by atoms with Crippen LogP contribution in [0, 0.1) is 35.5 Å². The van der Waals surface area contributed by atoms with Gasteiger partial charge in [0, 0.05) is 103 Å². The van der Waals surface area contributed by atoms with Crippen molar-refractivity contribution in [1.29, 1.82) is 0 Å². The van der Waals surface area contributed by atoms with Gasteiger partial charge in [-0.15, -0.1) is 11.8 Å². The first-order valence-corrected chi connectivity index (χ1v) is 46.5. The lowest BCUT2D eigenvalue weighted by atomic mass is 9.81. The average molecular weight is 1860 g/mol. The third kappa shape index (κ3) is 31.0. The Bertz CT molecular complexity index is 4650. The Balaban J connectivity index is 0.595. The molecule has 2 aliphatic carbocycles. The van der Waals surface area contributed by atoms with Crippen LogP contribution >= 0.6 is 23.4 Å². The summed E-state index contributed by atoms with van der Waals surface area (Å²) in [7, 11) is 6.03. The van der Waals surface area contributed by atoms with Gasteiger partial charge in [0.25, 0.3) is 0 Å². The molecule has 5 aliphatic heterocycles. The van der Waals surface area contributed by atoms with E-state index in [1.54, 1.807) is 61.5 Å². The predicted molar refractivity (Wildman–Crippen MR) is 486 cm³/mol. The van der Waals surface area contributed by atoms with Crippen molar-refractivity contribution in [3.05, 3.63) is 142 Å². The minimum Gasteiger partial charge on any atom is -0.495 e. The van der Waals surface area contributed by atoms with Crippen LogP contribution in [0.15, 0.2) is 115 Å². The first-order valence-electron chi connectivity index (χ1n) is 45.1. The zero-order chi connectivity index (χ0) is 94.0. The normalized spacial score (nSPS) is 23.9. The topological polar surface area (TPSA) is 440 Å². The molecule has 1 saturated carbocycles. The standard InChI is InChI=1S/C95H126ClN11O23S/c1-59-19-17-28-75(122-6)71-53-76(129-95(121)103-71)60(2)87-88(130-87)78(54-83(111)105(5)74-51-64(49-59)52-77(123-7)86(74)96)128-94(120)61(3)104(4)82(110)37-48-131-79-55-84(112)107(92(79)117)57-63-29-31-67(32-30-63)89(114)98-39-18-26-70(93(118)119)102-90(115)69(25-15-16-38-97)101-91(116)72(50-62-20-9-8-10-21-62)100-81(109)36-41-125-43-45-127-47-46-126-44-42-124-40-35-80(108)99-56-85(113)106-58-68-24-12-11-22-65(68)33-34-66-23-13-14-27-73(66)106/h8-14,17,19-24,27-28,51-52,60-61,63,66-67,69-73,75-76,78-79,87-88H,15-16,18,25-26,29-32,35-50,53-58,97H2,1-7H3,(H,98,114)(H,99,108)(H,100,109)(H,101,116)(H,102,115)(H,103,121)(H,118,119)/b28-17+,59-19+/t60-,61+,63?,66?,67?,69+,70-,71?,72?,73?,75-,76+,78+,79?,87+,88+/m1/s1. The fraction of sp³-hybridized carbons (Fsp3) is 0.568. The predicted octanol–water partition coefficient (Wildman–Crippen LogP) is 6.14. The molecule has 11 amide bonds. The quantitative estimate of drug-likeness (QED) is 0.0104. The highest BCUT2D eigenvalue weighted by Crippen LogP contribution is 2.42. The van der Waals surface area contributed by atoms with Gasteiger partial charge < -0.3 is 100 Å². The molecule has 712 valence electrons. The van der Waals surface area contributed by atoms with E-state index in [1.807, 2.05) is 80.6 Å². The number of nitrogens with one attached hydrogen (secondary N) is 6. The Morgan fingerprint density at radius 2 is 1.43 bits per heavy atom. The number of carboxylic acids is 1. The highest BCUT2D eigenvalue weighted by molar-refractivity contribution is 8.00. The number of rotatable bonds is 45. The van der Waals surface area contributed by atoms with Crippen LogP contribution in [-0.4, -0.2) is 282 Å². The maximum absolute atomic E-state index is 14.4. The number of aliphatic carboxylic acids is 1. The Labute approximate surface area is 774 Å². The number of halogens is 1. The van der Waals surface area contributed by atoms with E-state index in [4.69, 9.17) is 60.0 Å². The van der Waals surface area contributed by atoms with Crippen molar-refractivity contribution in [3.8, 4) is 17.6 Å². The number of nitrogens with two attached hydrogens (primary N) is 1. The Morgan fingerprint density at radius 3 is 2.13 bits per heavy atom. The Kier molecular flexibility index (Phi) is 40.7. The lowest BCUT2D eigenvalue weighted by Crippen LogP contribution is -2.56. The summed E-state index contributed by atoms with van der Waals surface area (Å²) < 4.78 is 52.0. The molecular formula is C95H126ClN11O23S. The lowest BCUT2D eigenvalue weighted by molar-refractivity contribution is -0.159. The highest BCUT2D eigenvalue weighted by Gasteiger charge is 2.55. The fourth-order valence-corrected chi connectivity index (χ4v) is 18.0. The number of likely N-dealkylation sites (tertiary alicyclic amines) is 1. The maximum Gasteiger partial charge on any atom is 0.407 e. The largest absolute Gasteiger partial charge is 0.495 e. The number of esters is 1. The van der Waals surface area contributed by atoms with Crippen molar-refractivity contribution in [2.75, 3.05) is 118 Å². The van der Waals surface area contributed by atoms with Gasteiger partial charge in [-0.1, -0.05) is 127 Å². The van der Waals surface area contributed by atoms with Gasteiger partial charge in [-0.05, 0) is 125 Å². The van der Waals surface area contributed by atoms with Gasteiger partial charge in [0.1, 0.15) is 53.3 Å². The molecule has 36 heteroatoms. The van der Waals surface area contributed by atoms with E-state index >= 15 is 0 Å². The fourth-order valence-electron chi connectivity index (χ4n) is 16.6. The van der Waals surface area contributed by atoms with E-state index in [2.05, 4.69) is 43.7 Å². The number of carboxylic acid groups (broad SMARTS) is 1. The summed E-state index contributed by atoms with van der Waals surface area (Å²) >= 11 is 8.02. The number of allylic oxidation sites excluding steroid dienone is 5. The molecule has 5 heterocycles. The zero-order valence-electron chi connectivity index (χ0n) is 75.6. The van der Waals surface area contributed by atoms with Crippen LogP contribution in [0.4, 0.5) is 10.5 Å². The summed E-state index contributed by atoms with van der Waals surface area (Å²) in [6.45, 7) is 7.57. The number of carbonyl (C=O) groups is 13. The SMILES string of the molecule is COc1cc2cc(c1Cl)N(C)C(=O)C[C@H](OC(=O)[C@H](C)N(C)C(=O)CCSC1CC(=O)N(CC3CCC(C(=O)NCCC[C@@H](NC(=O)[C@H](CCCCN)NC(=O)C(Cc4ccccc4)NC(=O)CCOCCOCCOCCOCCC(=O)NCC(=O)N4Cc5ccccc5C#CC5C=CC=CC54)C(=O)O)CC3)C1=O)[C@@H]1O[C@H]1[C@H](C)[C@@H]1CC(NC(=O)O1)[C@H](OC)/C=C/C=C(\C)C2. The van der Waals surface area contributed by atoms with Crippen molar-refractivity contribution < 1.29 is 110 Å². The van der Waals surface area contributed by atoms with Crippen molar-refractivity contribution in [2.24, 2.45) is 29.4 Å². The van der Waals surface area contributed by atoms with E-state index < -0.39 is 119 Å². The molecule has 5 unspecified atom stereocenters. The molecule has 4 bridgehead atoms. The number of methoxy groups -OCH3 is 2. The van der Waals surface area contributed by atoms with Crippen LogP contribution in [0.5, 0.6) is 5.75 Å². The molecule has 131 heavy (non-hydrogen) atoms. The smallest absolute Gasteiger partial charge is 0.407 e. The summed E-state index contributed by atoms with van der Waals surface area (Å²) in [4.78, 5) is 182. The van der Waals surface area contributed by atoms with Gasteiger partial charge in [-0.2, -0.15) is 0 Å². The molecule has 4 fully saturated rings. The average Bonchev–Trinajstić information content (AvgIpc) is 1.64. The third-order valence-corrected chi connectivity index (χ3v) is 26.1. The minimum absolute atomic E-state index is 0.00173. The van der Waals surface area contributed by atoms with E-state index in [-0.39, 0.29) is 194 Å². The summed E-state index contributed by atoms with van der Waals surface area (Å²) in [5, 5.41) is 26.4. The molecule has 0 aromatic heterocycles. The van der Waals surface area contributed by atoms with Crippen LogP contribution in [-0.2, 0) is 115 Å². The number of alkyl carbamates (subject to hydrolysis) is 1. The maximum atomic E-state index is 14.4. The van der Waals surface area contributed by atoms with Gasteiger partial charge in [-0.25, -0.2) is 14.4 Å². The number of anilines is 1. The Morgan fingerprint density at radius 1 is 0.756 bits per heavy atom. The van der Waals surface area contributed by atoms with Gasteiger partial charge in [-0.3, -0.25) is 52.8 Å². The molecule has 7 aliphatic rings. The van der Waals surface area contributed by atoms with E-state index in [9.17, 15) is 67.4 Å². The summed E-state index contributed by atoms with van der Waals surface area (Å²) in [6, 6.07) is 14.6. The van der Waals surface area contributed by atoms with Gasteiger partial charge >= 0.3 is 18.0 Å². The first kappa shape index (κ1) is 103. The lowest BCUT2D eigenvalue weighted by Gasteiger charge is -2.35. The van der Waals surface area contributed by atoms with Gasteiger partial charge in [0.05, 0.1) is 114 Å². The molecular weight excluding hydrogens is 1730 g/mol. The number of amides is 11. The van der Waals surface area contributed by atoms with Gasteiger partial charge in [0.15, 0.2) is 0 Å². The monoisotopic (exact) mass is 1860 g/mol. The highest BCUT2D eigenvalue weighted by atomic mass is 35.5. The molecule has 34 nitrogen and oxygen atoms in total. The number of carbonyl (C=O) groups excluding carboxylic acids is 12. The molecule has 9 N–H and O–H groups in total. The number of hydrogen-bond acceptors (Lipinski definition) is 24. The molecule has 3 aromatic carbocycles. The third-order valence-electron chi connectivity index (χ3n) is 24.5. The van der Waals surface area contributed by atoms with Crippen LogP contribution in [0.1, 0.15) is 139 Å². The van der Waals surface area contributed by atoms with Crippen LogP contribution < -0.4 is 47.3 Å². The number of imide groups is 1. The number of benzene rings is 3. The second-order valence-corrected chi connectivity index (χ2v) is 35.6. The van der Waals surface area contributed by atoms with Crippen LogP contribution in [0.2, 0.25) is 5.02 Å². The molecule has 0 radical (unpaired) electrons. The zero-order valence-corrected chi connectivity index (χ0v) is 77.2. The summed E-state index contributed by atoms with van der Waals surface area (Å²) in [6.07, 6.45) is 12.5. The number of likely N-dealkylation sites (N-methyl/N-ethyl adjacent to an activating group) is 1. The van der Waals surface area contributed by atoms with Crippen LogP contribution in [0.3, 0.4) is 0 Å². The van der Waals surface area contributed by atoms with Crippen molar-refractivity contribution in [1.82, 2.24) is 46.6 Å². The number of fused-ring (bicyclic) bond motifs is 7. The number of ether oxygens (including phenoxy) is 9. The van der Waals surface area contributed by atoms with E-state index in [1.165, 1.54) is 47.5 Å². The molecule has 14 atom stereocenters. The Hall–Kier alpha value is -10.6. The number of thioether (sulfide) groups is 1. The van der Waals surface area contributed by atoms with E-state index in [0.29, 0.717) is 75.9 Å². The first-order chi connectivity index (χ1) is 63.1. The van der Waals surface area contributed by atoms with Crippen molar-refractivity contribution >= 4 is 106 Å². The molecule has 3 saturated heterocycles. The molecule has 10 rings (SSSR count). The second-order valence-electron chi connectivity index (χ2n) is 33.9. The van der Waals surface area contributed by atoms with Crippen LogP contribution in [0.25, 0.3) is 0 Å². The summed E-state index contributed by atoms with van der Waals surface area (Å²) in [5.41, 5.74) is 10.4. The van der Waals surface area contributed by atoms with E-state index in [0.717, 1.165) is 27.8 Å². The van der Waals surface area contributed by atoms with Gasteiger partial charge in [0.2, 0.25) is 59.1 Å². The van der Waals surface area contributed by atoms with Crippen molar-refractivity contribution in [2.45, 2.75) is 208 Å². The van der Waals surface area contributed by atoms with Crippen molar-refractivity contribution in [3.63, 3.8) is 0 Å². The molecule has 0 spiro atoms. The number of hydrogen-bond donors (Lipinski definition) is 8. The number of nitrogens with zero attached hydrogens (tertiary/aromatic N) is 4. The number of unbranched alkanes of at least 4 members (excludes halogenated alkanes) is 1. The molecule has 3 aromatic rings. The summed E-state index contributed by atoms with van der Waals surface area (Å²) in [5.74, 6) is -0.523.